The fourth-order valence-corrected chi connectivity index (χ4v) is 1.14. The van der Waals surface area contributed by atoms with E-state index in [2.05, 4.69) is 9.97 Å². The van der Waals surface area contributed by atoms with Crippen molar-refractivity contribution in [1.82, 2.24) is 9.97 Å². The van der Waals surface area contributed by atoms with Gasteiger partial charge in [-0.15, -0.1) is 0 Å². The lowest BCUT2D eigenvalue weighted by molar-refractivity contribution is 0.422. The third-order valence-corrected chi connectivity index (χ3v) is 1.93. The van der Waals surface area contributed by atoms with Crippen LogP contribution in [0.2, 0.25) is 0 Å². The van der Waals surface area contributed by atoms with Crippen LogP contribution >= 0.6 is 0 Å². The van der Waals surface area contributed by atoms with Gasteiger partial charge in [-0.1, -0.05) is 0 Å². The lowest BCUT2D eigenvalue weighted by Gasteiger charge is -2.07. The zero-order valence-electron chi connectivity index (χ0n) is 8.52. The highest BCUT2D eigenvalue weighted by atomic mass is 19.1. The molecule has 0 unspecified atom stereocenters. The van der Waals surface area contributed by atoms with Gasteiger partial charge in [0.15, 0.2) is 11.6 Å². The molecule has 4 N–H and O–H groups in total. The van der Waals surface area contributed by atoms with E-state index in [-0.39, 0.29) is 23.1 Å². The Balaban J connectivity index is 2.33. The van der Waals surface area contributed by atoms with Gasteiger partial charge in [0.25, 0.3) is 0 Å². The van der Waals surface area contributed by atoms with Crippen LogP contribution in [0.3, 0.4) is 0 Å². The summed E-state index contributed by atoms with van der Waals surface area (Å²) in [5.41, 5.74) is 10.3. The number of hydrogen-bond donors (Lipinski definition) is 2. The highest BCUT2D eigenvalue weighted by Gasteiger charge is 2.10. The Morgan fingerprint density at radius 1 is 1.00 bits per heavy atom. The predicted molar refractivity (Wildman–Crippen MR) is 57.3 cm³/mol. The molecule has 2 aromatic rings. The largest absolute Gasteiger partial charge is 0.436 e. The van der Waals surface area contributed by atoms with Gasteiger partial charge >= 0.3 is 0 Å². The molecule has 0 fully saturated rings. The minimum absolute atomic E-state index is 0.0144. The summed E-state index contributed by atoms with van der Waals surface area (Å²) in [7, 11) is 0. The van der Waals surface area contributed by atoms with E-state index in [1.807, 2.05) is 0 Å². The van der Waals surface area contributed by atoms with Crippen LogP contribution < -0.4 is 16.2 Å². The van der Waals surface area contributed by atoms with Gasteiger partial charge in [0.2, 0.25) is 5.88 Å². The maximum Gasteiger partial charge on any atom is 0.224 e. The highest BCUT2D eigenvalue weighted by Crippen LogP contribution is 2.27. The van der Waals surface area contributed by atoms with Crippen molar-refractivity contribution in [2.24, 2.45) is 0 Å². The second-order valence-corrected chi connectivity index (χ2v) is 3.19. The summed E-state index contributed by atoms with van der Waals surface area (Å²) in [4.78, 5) is 7.33. The molecule has 0 bridgehead atoms. The number of halogens is 2. The summed E-state index contributed by atoms with van der Waals surface area (Å²) in [6.07, 6.45) is 1.15. The van der Waals surface area contributed by atoms with Crippen LogP contribution in [0.5, 0.6) is 11.6 Å². The summed E-state index contributed by atoms with van der Waals surface area (Å²) in [5, 5.41) is 0. The van der Waals surface area contributed by atoms with Gasteiger partial charge in [-0.05, 0) is 0 Å². The molecular weight excluding hydrogens is 230 g/mol. The molecule has 88 valence electrons. The summed E-state index contributed by atoms with van der Waals surface area (Å²) in [6.45, 7) is 0. The number of anilines is 2. The molecule has 0 aliphatic carbocycles. The Bertz CT molecular complexity index is 562. The van der Waals surface area contributed by atoms with Crippen molar-refractivity contribution < 1.29 is 13.5 Å². The van der Waals surface area contributed by atoms with Crippen molar-refractivity contribution in [2.45, 2.75) is 0 Å². The van der Waals surface area contributed by atoms with Crippen molar-refractivity contribution in [3.8, 4) is 11.6 Å². The summed E-state index contributed by atoms with van der Waals surface area (Å²) in [6, 6.07) is 2.95. The molecule has 5 nitrogen and oxygen atoms in total. The Labute approximate surface area is 95.1 Å². The summed E-state index contributed by atoms with van der Waals surface area (Å²) < 4.78 is 31.5. The number of ether oxygens (including phenoxy) is 1. The van der Waals surface area contributed by atoms with Crippen molar-refractivity contribution in [3.05, 3.63) is 36.2 Å². The highest BCUT2D eigenvalue weighted by molar-refractivity contribution is 5.45. The van der Waals surface area contributed by atoms with Crippen molar-refractivity contribution in [2.75, 3.05) is 11.5 Å². The van der Waals surface area contributed by atoms with E-state index in [0.29, 0.717) is 0 Å². The lowest BCUT2D eigenvalue weighted by atomic mass is 10.3. The second-order valence-electron chi connectivity index (χ2n) is 3.19. The minimum atomic E-state index is -0.791. The number of aromatic nitrogens is 2. The zero-order valence-corrected chi connectivity index (χ0v) is 8.52. The average Bonchev–Trinajstić information content (AvgIpc) is 2.26. The molecule has 2 rings (SSSR count). The van der Waals surface area contributed by atoms with Crippen molar-refractivity contribution >= 4 is 11.5 Å². The zero-order chi connectivity index (χ0) is 12.4. The molecular formula is C10H8F2N4O. The summed E-state index contributed by atoms with van der Waals surface area (Å²) in [5.74, 6) is -1.72. The Kier molecular flexibility index (Phi) is 2.73. The maximum atomic E-state index is 13.4. The first kappa shape index (κ1) is 11.1. The molecule has 1 aromatic carbocycles. The number of hydrogen-bond acceptors (Lipinski definition) is 5. The molecule has 0 aliphatic rings. The molecule has 0 radical (unpaired) electrons. The van der Waals surface area contributed by atoms with Gasteiger partial charge in [-0.25, -0.2) is 18.7 Å². The fraction of sp³-hybridized carbons (Fsp3) is 0. The summed E-state index contributed by atoms with van der Waals surface area (Å²) >= 11 is 0. The standard InChI is InChI=1S/C10H8F2N4O/c11-5-2-8(6(12)1-7(5)13)17-10-3-9(14)15-4-16-10/h1-4H,13H2,(H2,14,15,16). The van der Waals surface area contributed by atoms with Crippen LogP contribution in [0.1, 0.15) is 0 Å². The van der Waals surface area contributed by atoms with Crippen LogP contribution in [0.15, 0.2) is 24.5 Å². The molecule has 17 heavy (non-hydrogen) atoms. The third kappa shape index (κ3) is 2.39. The van der Waals surface area contributed by atoms with E-state index in [4.69, 9.17) is 16.2 Å². The third-order valence-electron chi connectivity index (χ3n) is 1.93. The molecule has 0 saturated heterocycles. The number of benzene rings is 1. The quantitative estimate of drug-likeness (QED) is 0.777. The normalized spacial score (nSPS) is 10.2. The molecule has 0 amide bonds. The first-order valence-electron chi connectivity index (χ1n) is 4.56. The number of nitrogen functional groups attached to an aromatic ring is 2. The number of rotatable bonds is 2. The Hall–Kier alpha value is -2.44. The van der Waals surface area contributed by atoms with Gasteiger partial charge in [0.05, 0.1) is 5.69 Å². The Morgan fingerprint density at radius 3 is 2.47 bits per heavy atom. The molecule has 0 aliphatic heterocycles. The number of nitrogens with two attached hydrogens (primary N) is 2. The first-order chi connectivity index (χ1) is 8.06. The van der Waals surface area contributed by atoms with E-state index in [9.17, 15) is 8.78 Å². The Morgan fingerprint density at radius 2 is 1.76 bits per heavy atom. The van der Waals surface area contributed by atoms with Crippen molar-refractivity contribution in [3.63, 3.8) is 0 Å². The maximum absolute atomic E-state index is 13.4. The smallest absolute Gasteiger partial charge is 0.224 e. The van der Waals surface area contributed by atoms with Gasteiger partial charge < -0.3 is 16.2 Å². The molecule has 0 atom stereocenters. The van der Waals surface area contributed by atoms with Crippen LogP contribution in [0, 0.1) is 11.6 Å². The first-order valence-corrected chi connectivity index (χ1v) is 4.56. The van der Waals surface area contributed by atoms with Crippen LogP contribution in [-0.4, -0.2) is 9.97 Å². The molecule has 1 heterocycles. The van der Waals surface area contributed by atoms with Gasteiger partial charge in [-0.3, -0.25) is 0 Å². The lowest BCUT2D eigenvalue weighted by Crippen LogP contribution is -1.98. The van der Waals surface area contributed by atoms with E-state index >= 15 is 0 Å². The van der Waals surface area contributed by atoms with Crippen LogP contribution in [-0.2, 0) is 0 Å². The fourth-order valence-electron chi connectivity index (χ4n) is 1.14. The molecule has 0 saturated carbocycles. The number of nitrogens with zero attached hydrogens (tertiary/aromatic N) is 2. The van der Waals surface area contributed by atoms with Gasteiger partial charge in [0, 0.05) is 18.2 Å². The minimum Gasteiger partial charge on any atom is -0.436 e. The topological polar surface area (TPSA) is 87.0 Å². The van der Waals surface area contributed by atoms with Crippen LogP contribution in [0.25, 0.3) is 0 Å². The van der Waals surface area contributed by atoms with Crippen molar-refractivity contribution in [1.29, 1.82) is 0 Å². The SMILES string of the molecule is Nc1cc(Oc2cc(F)c(N)cc2F)ncn1. The van der Waals surface area contributed by atoms with Crippen LogP contribution in [0.4, 0.5) is 20.3 Å². The predicted octanol–water partition coefficient (Wildman–Crippen LogP) is 1.71. The van der Waals surface area contributed by atoms with Gasteiger partial charge in [0.1, 0.15) is 18.0 Å². The molecule has 0 spiro atoms. The monoisotopic (exact) mass is 238 g/mol. The van der Waals surface area contributed by atoms with E-state index in [1.54, 1.807) is 0 Å². The van der Waals surface area contributed by atoms with Gasteiger partial charge in [-0.2, -0.15) is 0 Å². The van der Waals surface area contributed by atoms with E-state index in [0.717, 1.165) is 18.5 Å². The molecule has 1 aromatic heterocycles. The average molecular weight is 238 g/mol. The van der Waals surface area contributed by atoms with E-state index < -0.39 is 11.6 Å². The molecule has 7 heteroatoms. The van der Waals surface area contributed by atoms with E-state index in [1.165, 1.54) is 6.07 Å². The second kappa shape index (κ2) is 4.20.